The van der Waals surface area contributed by atoms with Crippen LogP contribution in [-0.4, -0.2) is 12.9 Å². The summed E-state index contributed by atoms with van der Waals surface area (Å²) in [5.74, 6) is 0. The van der Waals surface area contributed by atoms with Crippen LogP contribution in [0.5, 0.6) is 0 Å². The molecule has 2 nitrogen and oxygen atoms in total. The van der Waals surface area contributed by atoms with Crippen molar-refractivity contribution in [3.63, 3.8) is 0 Å². The Morgan fingerprint density at radius 2 is 1.88 bits per heavy atom. The smallest absolute Gasteiger partial charge is 0.158 e. The lowest BCUT2D eigenvalue weighted by molar-refractivity contribution is -0.219. The fraction of sp³-hybridized carbons (Fsp3) is 0.600. The van der Waals surface area contributed by atoms with Crippen molar-refractivity contribution < 1.29 is 9.47 Å². The Morgan fingerprint density at radius 1 is 1.18 bits per heavy atom. The van der Waals surface area contributed by atoms with Gasteiger partial charge in [0.05, 0.1) is 5.60 Å². The van der Waals surface area contributed by atoms with Gasteiger partial charge in [-0.15, -0.1) is 0 Å². The second kappa shape index (κ2) is 5.19. The summed E-state index contributed by atoms with van der Waals surface area (Å²) in [5, 5.41) is 0. The quantitative estimate of drug-likeness (QED) is 0.792. The van der Waals surface area contributed by atoms with Crippen LogP contribution in [0.4, 0.5) is 0 Å². The standard InChI is InChI=1S/C15H22O2/c1-12-7-9-13(10-8-12)15(2,3)17-14-6-4-5-11-16-14/h7-10,14H,4-6,11H2,1-3H3. The molecule has 2 rings (SSSR count). The first kappa shape index (κ1) is 12.6. The van der Waals surface area contributed by atoms with E-state index in [1.165, 1.54) is 17.5 Å². The molecule has 0 amide bonds. The van der Waals surface area contributed by atoms with Crippen LogP contribution >= 0.6 is 0 Å². The highest BCUT2D eigenvalue weighted by Gasteiger charge is 2.27. The summed E-state index contributed by atoms with van der Waals surface area (Å²) in [6.45, 7) is 7.14. The van der Waals surface area contributed by atoms with Gasteiger partial charge in [0.15, 0.2) is 6.29 Å². The van der Waals surface area contributed by atoms with Gasteiger partial charge in [-0.25, -0.2) is 0 Å². The molecule has 1 unspecified atom stereocenters. The molecule has 0 aromatic heterocycles. The maximum Gasteiger partial charge on any atom is 0.158 e. The second-order valence-corrected chi connectivity index (χ2v) is 5.29. The van der Waals surface area contributed by atoms with Crippen LogP contribution < -0.4 is 0 Å². The molecule has 1 saturated heterocycles. The van der Waals surface area contributed by atoms with E-state index >= 15 is 0 Å². The Labute approximate surface area is 104 Å². The molecule has 1 aliphatic heterocycles. The van der Waals surface area contributed by atoms with Crippen LogP contribution in [0.25, 0.3) is 0 Å². The van der Waals surface area contributed by atoms with Crippen molar-refractivity contribution in [2.75, 3.05) is 6.61 Å². The molecule has 0 saturated carbocycles. The van der Waals surface area contributed by atoms with Crippen molar-refractivity contribution in [1.82, 2.24) is 0 Å². The summed E-state index contributed by atoms with van der Waals surface area (Å²) in [6, 6.07) is 8.53. The Kier molecular flexibility index (Phi) is 3.85. The summed E-state index contributed by atoms with van der Waals surface area (Å²) in [4.78, 5) is 0. The first-order valence-electron chi connectivity index (χ1n) is 6.44. The van der Waals surface area contributed by atoms with E-state index in [0.29, 0.717) is 0 Å². The predicted octanol–water partition coefficient (Wildman–Crippen LogP) is 3.77. The first-order valence-corrected chi connectivity index (χ1v) is 6.44. The van der Waals surface area contributed by atoms with E-state index in [9.17, 15) is 0 Å². The van der Waals surface area contributed by atoms with Crippen LogP contribution in [0, 0.1) is 6.92 Å². The van der Waals surface area contributed by atoms with Crippen molar-refractivity contribution in [3.05, 3.63) is 35.4 Å². The summed E-state index contributed by atoms with van der Waals surface area (Å²) in [5.41, 5.74) is 2.20. The van der Waals surface area contributed by atoms with E-state index in [-0.39, 0.29) is 11.9 Å². The van der Waals surface area contributed by atoms with Gasteiger partial charge in [-0.3, -0.25) is 0 Å². The van der Waals surface area contributed by atoms with Gasteiger partial charge in [-0.05, 0) is 45.6 Å². The number of hydrogen-bond acceptors (Lipinski definition) is 2. The summed E-state index contributed by atoms with van der Waals surface area (Å²) in [6.07, 6.45) is 3.33. The highest BCUT2D eigenvalue weighted by atomic mass is 16.7. The van der Waals surface area contributed by atoms with E-state index in [0.717, 1.165) is 19.4 Å². The molecule has 0 aliphatic carbocycles. The number of rotatable bonds is 3. The third-order valence-corrected chi connectivity index (χ3v) is 3.31. The van der Waals surface area contributed by atoms with Crippen molar-refractivity contribution in [2.45, 2.75) is 51.9 Å². The molecule has 17 heavy (non-hydrogen) atoms. The zero-order valence-electron chi connectivity index (χ0n) is 11.0. The normalized spacial score (nSPS) is 21.5. The van der Waals surface area contributed by atoms with Gasteiger partial charge in [0, 0.05) is 6.61 Å². The van der Waals surface area contributed by atoms with Crippen LogP contribution in [0.1, 0.15) is 44.2 Å². The first-order chi connectivity index (χ1) is 8.08. The number of ether oxygens (including phenoxy) is 2. The zero-order valence-corrected chi connectivity index (χ0v) is 11.0. The minimum Gasteiger partial charge on any atom is -0.353 e. The van der Waals surface area contributed by atoms with Crippen LogP contribution in [0.2, 0.25) is 0 Å². The maximum atomic E-state index is 6.08. The monoisotopic (exact) mass is 234 g/mol. The average Bonchev–Trinajstić information content (AvgIpc) is 2.30. The molecule has 1 aromatic carbocycles. The lowest BCUT2D eigenvalue weighted by atomic mass is 9.97. The van der Waals surface area contributed by atoms with E-state index < -0.39 is 0 Å². The molecule has 0 radical (unpaired) electrons. The number of aryl methyl sites for hydroxylation is 1. The highest BCUT2D eigenvalue weighted by Crippen LogP contribution is 2.29. The van der Waals surface area contributed by atoms with Crippen LogP contribution in [-0.2, 0) is 15.1 Å². The van der Waals surface area contributed by atoms with E-state index in [2.05, 4.69) is 45.0 Å². The van der Waals surface area contributed by atoms with E-state index in [4.69, 9.17) is 9.47 Å². The Balaban J connectivity index is 2.04. The Bertz CT molecular complexity index is 348. The van der Waals surface area contributed by atoms with Gasteiger partial charge >= 0.3 is 0 Å². The summed E-state index contributed by atoms with van der Waals surface area (Å²) >= 11 is 0. The minimum absolute atomic E-state index is 0.0416. The Morgan fingerprint density at radius 3 is 2.47 bits per heavy atom. The second-order valence-electron chi connectivity index (χ2n) is 5.29. The van der Waals surface area contributed by atoms with Gasteiger partial charge in [0.2, 0.25) is 0 Å². The third kappa shape index (κ3) is 3.30. The SMILES string of the molecule is Cc1ccc(C(C)(C)OC2CCCCO2)cc1. The van der Waals surface area contributed by atoms with Crippen molar-refractivity contribution in [3.8, 4) is 0 Å². The molecule has 1 aromatic rings. The molecule has 0 N–H and O–H groups in total. The predicted molar refractivity (Wildman–Crippen MR) is 68.9 cm³/mol. The van der Waals surface area contributed by atoms with Gasteiger partial charge in [-0.2, -0.15) is 0 Å². The molecular weight excluding hydrogens is 212 g/mol. The molecule has 1 heterocycles. The lowest BCUT2D eigenvalue weighted by Gasteiger charge is -2.33. The van der Waals surface area contributed by atoms with Crippen LogP contribution in [0.3, 0.4) is 0 Å². The molecule has 1 fully saturated rings. The van der Waals surface area contributed by atoms with Gasteiger partial charge in [0.25, 0.3) is 0 Å². The fourth-order valence-corrected chi connectivity index (χ4v) is 2.16. The fourth-order valence-electron chi connectivity index (χ4n) is 2.16. The third-order valence-electron chi connectivity index (χ3n) is 3.31. The highest BCUT2D eigenvalue weighted by molar-refractivity contribution is 5.25. The average molecular weight is 234 g/mol. The molecule has 0 spiro atoms. The van der Waals surface area contributed by atoms with Gasteiger partial charge in [0.1, 0.15) is 0 Å². The van der Waals surface area contributed by atoms with Crippen molar-refractivity contribution in [1.29, 1.82) is 0 Å². The van der Waals surface area contributed by atoms with Crippen molar-refractivity contribution in [2.24, 2.45) is 0 Å². The van der Waals surface area contributed by atoms with Gasteiger partial charge in [-0.1, -0.05) is 29.8 Å². The largest absolute Gasteiger partial charge is 0.353 e. The van der Waals surface area contributed by atoms with E-state index in [1.807, 2.05) is 0 Å². The zero-order chi connectivity index (χ0) is 12.3. The topological polar surface area (TPSA) is 18.5 Å². The summed E-state index contributed by atoms with van der Waals surface area (Å²) in [7, 11) is 0. The number of benzene rings is 1. The molecular formula is C15H22O2. The lowest BCUT2D eigenvalue weighted by Crippen LogP contribution is -2.32. The molecule has 94 valence electrons. The number of hydrogen-bond donors (Lipinski definition) is 0. The maximum absolute atomic E-state index is 6.08. The summed E-state index contributed by atoms with van der Waals surface area (Å²) < 4.78 is 11.7. The Hall–Kier alpha value is -0.860. The van der Waals surface area contributed by atoms with E-state index in [1.54, 1.807) is 0 Å². The van der Waals surface area contributed by atoms with Crippen molar-refractivity contribution >= 4 is 0 Å². The minimum atomic E-state index is -0.282. The molecule has 1 atom stereocenters. The van der Waals surface area contributed by atoms with Crippen LogP contribution in [0.15, 0.2) is 24.3 Å². The van der Waals surface area contributed by atoms with Gasteiger partial charge < -0.3 is 9.47 Å². The molecule has 2 heteroatoms. The molecule has 0 bridgehead atoms. The molecule has 1 aliphatic rings.